The predicted octanol–water partition coefficient (Wildman–Crippen LogP) is 5.16. The van der Waals surface area contributed by atoms with E-state index in [0.717, 1.165) is 19.6 Å². The lowest BCUT2D eigenvalue weighted by Gasteiger charge is -2.26. The molecule has 1 aliphatic rings. The molecule has 2 nitrogen and oxygen atoms in total. The molecule has 2 rings (SSSR count). The quantitative estimate of drug-likeness (QED) is 0.714. The van der Waals surface area contributed by atoms with Crippen molar-refractivity contribution < 1.29 is 4.74 Å². The SMILES string of the molecule is CC(C)(C)Cc1ccc(COCC2CCN(CC(C)(C)C)C2)cc1. The molecule has 1 aromatic carbocycles. The zero-order chi connectivity index (χ0) is 17.8. The Hall–Kier alpha value is -0.860. The van der Waals surface area contributed by atoms with Crippen molar-refractivity contribution in [1.82, 2.24) is 4.90 Å². The Kier molecular flexibility index (Phi) is 6.50. The Balaban J connectivity index is 1.69. The van der Waals surface area contributed by atoms with Gasteiger partial charge in [-0.05, 0) is 47.3 Å². The van der Waals surface area contributed by atoms with E-state index in [-0.39, 0.29) is 0 Å². The number of likely N-dealkylation sites (tertiary alicyclic amines) is 1. The Morgan fingerprint density at radius 1 is 0.958 bits per heavy atom. The summed E-state index contributed by atoms with van der Waals surface area (Å²) in [5.41, 5.74) is 3.45. The molecule has 2 heteroatoms. The minimum absolute atomic E-state index is 0.347. The molecule has 0 radical (unpaired) electrons. The van der Waals surface area contributed by atoms with Crippen LogP contribution in [-0.2, 0) is 17.8 Å². The molecule has 1 heterocycles. The molecule has 24 heavy (non-hydrogen) atoms. The minimum Gasteiger partial charge on any atom is -0.376 e. The Morgan fingerprint density at radius 2 is 1.58 bits per heavy atom. The van der Waals surface area contributed by atoms with Crippen LogP contribution < -0.4 is 0 Å². The van der Waals surface area contributed by atoms with E-state index in [9.17, 15) is 0 Å². The van der Waals surface area contributed by atoms with Gasteiger partial charge in [0, 0.05) is 13.1 Å². The average Bonchev–Trinajstić information content (AvgIpc) is 2.84. The van der Waals surface area contributed by atoms with E-state index in [2.05, 4.69) is 70.7 Å². The summed E-state index contributed by atoms with van der Waals surface area (Å²) >= 11 is 0. The maximum atomic E-state index is 6.00. The van der Waals surface area contributed by atoms with E-state index in [0.29, 0.717) is 16.7 Å². The van der Waals surface area contributed by atoms with Crippen LogP contribution in [0.1, 0.15) is 59.1 Å². The summed E-state index contributed by atoms with van der Waals surface area (Å²) in [6.07, 6.45) is 2.40. The lowest BCUT2D eigenvalue weighted by atomic mass is 9.88. The molecule has 1 aliphatic heterocycles. The van der Waals surface area contributed by atoms with Crippen LogP contribution in [0.4, 0.5) is 0 Å². The molecule has 0 amide bonds. The van der Waals surface area contributed by atoms with Crippen LogP contribution in [0, 0.1) is 16.7 Å². The smallest absolute Gasteiger partial charge is 0.0717 e. The molecule has 0 N–H and O–H groups in total. The van der Waals surface area contributed by atoms with Gasteiger partial charge in [0.2, 0.25) is 0 Å². The molecular formula is C22H37NO. The van der Waals surface area contributed by atoms with E-state index in [1.165, 1.54) is 37.2 Å². The van der Waals surface area contributed by atoms with E-state index in [1.54, 1.807) is 0 Å². The van der Waals surface area contributed by atoms with Gasteiger partial charge in [0.05, 0.1) is 13.2 Å². The zero-order valence-corrected chi connectivity index (χ0v) is 16.7. The lowest BCUT2D eigenvalue weighted by molar-refractivity contribution is 0.0870. The molecule has 0 aliphatic carbocycles. The molecular weight excluding hydrogens is 294 g/mol. The Bertz CT molecular complexity index is 492. The van der Waals surface area contributed by atoms with Crippen LogP contribution in [0.15, 0.2) is 24.3 Å². The van der Waals surface area contributed by atoms with E-state index in [4.69, 9.17) is 4.74 Å². The van der Waals surface area contributed by atoms with E-state index >= 15 is 0 Å². The summed E-state index contributed by atoms with van der Waals surface area (Å²) in [5.74, 6) is 0.701. The molecule has 136 valence electrons. The number of benzene rings is 1. The molecule has 1 atom stereocenters. The number of ether oxygens (including phenoxy) is 1. The summed E-state index contributed by atoms with van der Waals surface area (Å²) in [5, 5.41) is 0. The van der Waals surface area contributed by atoms with Crippen molar-refractivity contribution >= 4 is 0 Å². The van der Waals surface area contributed by atoms with Gasteiger partial charge in [-0.2, -0.15) is 0 Å². The maximum absolute atomic E-state index is 6.00. The van der Waals surface area contributed by atoms with Crippen LogP contribution in [0.25, 0.3) is 0 Å². The molecule has 1 fully saturated rings. The highest BCUT2D eigenvalue weighted by molar-refractivity contribution is 5.22. The summed E-state index contributed by atoms with van der Waals surface area (Å²) in [6.45, 7) is 19.1. The largest absolute Gasteiger partial charge is 0.376 e. The summed E-state index contributed by atoms with van der Waals surface area (Å²) in [7, 11) is 0. The van der Waals surface area contributed by atoms with Crippen molar-refractivity contribution in [2.75, 3.05) is 26.2 Å². The first-order chi connectivity index (χ1) is 11.1. The van der Waals surface area contributed by atoms with Gasteiger partial charge in [-0.1, -0.05) is 65.8 Å². The van der Waals surface area contributed by atoms with Crippen LogP contribution in [0.3, 0.4) is 0 Å². The second kappa shape index (κ2) is 8.01. The van der Waals surface area contributed by atoms with Gasteiger partial charge in [0.15, 0.2) is 0 Å². The summed E-state index contributed by atoms with van der Waals surface area (Å²) in [4.78, 5) is 2.59. The maximum Gasteiger partial charge on any atom is 0.0717 e. The first kappa shape index (κ1) is 19.5. The first-order valence-corrected chi connectivity index (χ1v) is 9.49. The monoisotopic (exact) mass is 331 g/mol. The predicted molar refractivity (Wildman–Crippen MR) is 103 cm³/mol. The van der Waals surface area contributed by atoms with Crippen LogP contribution in [-0.4, -0.2) is 31.1 Å². The number of nitrogens with zero attached hydrogens (tertiary/aromatic N) is 1. The highest BCUT2D eigenvalue weighted by atomic mass is 16.5. The molecule has 0 aromatic heterocycles. The van der Waals surface area contributed by atoms with Gasteiger partial charge in [-0.3, -0.25) is 0 Å². The number of rotatable bonds is 6. The molecule has 1 unspecified atom stereocenters. The number of hydrogen-bond acceptors (Lipinski definition) is 2. The van der Waals surface area contributed by atoms with E-state index in [1.807, 2.05) is 0 Å². The highest BCUT2D eigenvalue weighted by Crippen LogP contribution is 2.23. The standard InChI is InChI=1S/C22H37NO/c1-21(2,3)13-18-7-9-19(10-8-18)15-24-16-20-11-12-23(14-20)17-22(4,5)6/h7-10,20H,11-17H2,1-6H3. The van der Waals surface area contributed by atoms with Crippen LogP contribution >= 0.6 is 0 Å². The fraction of sp³-hybridized carbons (Fsp3) is 0.727. The second-order valence-corrected chi connectivity index (χ2v) is 10.0. The highest BCUT2D eigenvalue weighted by Gasteiger charge is 2.25. The van der Waals surface area contributed by atoms with Gasteiger partial charge in [-0.25, -0.2) is 0 Å². The van der Waals surface area contributed by atoms with Gasteiger partial charge < -0.3 is 9.64 Å². The summed E-state index contributed by atoms with van der Waals surface area (Å²) in [6, 6.07) is 8.96. The van der Waals surface area contributed by atoms with Crippen molar-refractivity contribution in [3.8, 4) is 0 Å². The second-order valence-electron chi connectivity index (χ2n) is 10.0. The molecule has 0 spiro atoms. The van der Waals surface area contributed by atoms with Crippen molar-refractivity contribution in [2.45, 2.75) is 61.0 Å². The first-order valence-electron chi connectivity index (χ1n) is 9.49. The average molecular weight is 332 g/mol. The molecule has 0 saturated carbocycles. The van der Waals surface area contributed by atoms with Gasteiger partial charge in [0.1, 0.15) is 0 Å². The molecule has 1 saturated heterocycles. The van der Waals surface area contributed by atoms with Crippen LogP contribution in [0.2, 0.25) is 0 Å². The number of hydrogen-bond donors (Lipinski definition) is 0. The summed E-state index contributed by atoms with van der Waals surface area (Å²) < 4.78 is 6.00. The minimum atomic E-state index is 0.347. The van der Waals surface area contributed by atoms with Crippen molar-refractivity contribution in [3.63, 3.8) is 0 Å². The van der Waals surface area contributed by atoms with Crippen molar-refractivity contribution in [2.24, 2.45) is 16.7 Å². The molecule has 0 bridgehead atoms. The zero-order valence-electron chi connectivity index (χ0n) is 16.7. The fourth-order valence-electron chi connectivity index (χ4n) is 3.57. The molecule has 1 aromatic rings. The Labute approximate surface area is 149 Å². The van der Waals surface area contributed by atoms with Crippen molar-refractivity contribution in [3.05, 3.63) is 35.4 Å². The van der Waals surface area contributed by atoms with E-state index < -0.39 is 0 Å². The fourth-order valence-corrected chi connectivity index (χ4v) is 3.57. The van der Waals surface area contributed by atoms with Gasteiger partial charge in [0.25, 0.3) is 0 Å². The lowest BCUT2D eigenvalue weighted by Crippen LogP contribution is -2.31. The third-order valence-electron chi connectivity index (χ3n) is 4.45. The normalized spacial score (nSPS) is 19.8. The topological polar surface area (TPSA) is 12.5 Å². The van der Waals surface area contributed by atoms with Gasteiger partial charge >= 0.3 is 0 Å². The van der Waals surface area contributed by atoms with Crippen molar-refractivity contribution in [1.29, 1.82) is 0 Å². The third kappa shape index (κ3) is 7.36. The Morgan fingerprint density at radius 3 is 2.17 bits per heavy atom. The van der Waals surface area contributed by atoms with Crippen LogP contribution in [0.5, 0.6) is 0 Å². The van der Waals surface area contributed by atoms with Gasteiger partial charge in [-0.15, -0.1) is 0 Å². The third-order valence-corrected chi connectivity index (χ3v) is 4.45.